The van der Waals surface area contributed by atoms with Crippen LogP contribution in [0, 0.1) is 19.8 Å². The summed E-state index contributed by atoms with van der Waals surface area (Å²) in [5.41, 5.74) is 3.22. The number of anilines is 1. The van der Waals surface area contributed by atoms with E-state index >= 15 is 0 Å². The maximum atomic E-state index is 13.2. The second kappa shape index (κ2) is 12.8. The number of hydrogen-bond donors (Lipinski definition) is 3. The minimum absolute atomic E-state index is 0.126. The Bertz CT molecular complexity index is 1430. The molecule has 4 rings (SSSR count). The van der Waals surface area contributed by atoms with Crippen LogP contribution in [0.15, 0.2) is 53.4 Å². The third-order valence-corrected chi connectivity index (χ3v) is 8.40. The zero-order chi connectivity index (χ0) is 28.9. The van der Waals surface area contributed by atoms with Crippen molar-refractivity contribution in [3.63, 3.8) is 0 Å². The number of ether oxygens (including phenoxy) is 1. The van der Waals surface area contributed by atoms with E-state index in [9.17, 15) is 18.3 Å². The number of hydrogen-bond acceptors (Lipinski definition) is 7. The molecule has 40 heavy (non-hydrogen) atoms. The Hall–Kier alpha value is -3.50. The molecular weight excluding hydrogens is 528 g/mol. The molecular formula is C30H38N4O5S. The predicted molar refractivity (Wildman–Crippen MR) is 155 cm³/mol. The second-order valence-corrected chi connectivity index (χ2v) is 12.6. The van der Waals surface area contributed by atoms with E-state index in [1.807, 2.05) is 32.0 Å². The number of aromatic carboxylic acids is 1. The first kappa shape index (κ1) is 29.5. The number of carbonyl (C=O) groups is 1. The molecule has 3 N–H and O–H groups in total. The van der Waals surface area contributed by atoms with E-state index < -0.39 is 16.0 Å². The molecule has 1 aliphatic carbocycles. The van der Waals surface area contributed by atoms with Gasteiger partial charge in [0, 0.05) is 23.7 Å². The molecule has 1 fully saturated rings. The molecule has 0 saturated heterocycles. The maximum absolute atomic E-state index is 13.2. The van der Waals surface area contributed by atoms with E-state index in [1.54, 1.807) is 6.07 Å². The largest absolute Gasteiger partial charge is 0.478 e. The first-order valence-corrected chi connectivity index (χ1v) is 15.2. The van der Waals surface area contributed by atoms with Gasteiger partial charge in [0.2, 0.25) is 11.8 Å². The van der Waals surface area contributed by atoms with Gasteiger partial charge in [0.1, 0.15) is 6.61 Å². The Morgan fingerprint density at radius 1 is 1.05 bits per heavy atom. The summed E-state index contributed by atoms with van der Waals surface area (Å²) in [7, 11) is -4.17. The van der Waals surface area contributed by atoms with Gasteiger partial charge in [-0.3, -0.25) is 0 Å². The Labute approximate surface area is 236 Å². The lowest BCUT2D eigenvalue weighted by molar-refractivity contribution is 0.0696. The van der Waals surface area contributed by atoms with Gasteiger partial charge in [0.05, 0.1) is 16.2 Å². The van der Waals surface area contributed by atoms with Gasteiger partial charge in [0.25, 0.3) is 10.0 Å². The number of aryl methyl sites for hydroxylation is 2. The molecule has 3 aromatic rings. The molecule has 1 aliphatic rings. The molecule has 214 valence electrons. The molecule has 1 aromatic heterocycles. The van der Waals surface area contributed by atoms with E-state index in [0.29, 0.717) is 24.3 Å². The third kappa shape index (κ3) is 7.57. The maximum Gasteiger partial charge on any atom is 0.335 e. The number of carboxylic acid groups (broad SMARTS) is 1. The Balaban J connectivity index is 1.66. The van der Waals surface area contributed by atoms with Crippen LogP contribution < -0.4 is 14.8 Å². The second-order valence-electron chi connectivity index (χ2n) is 10.9. The van der Waals surface area contributed by atoms with Gasteiger partial charge in [0.15, 0.2) is 0 Å². The van der Waals surface area contributed by atoms with Crippen molar-refractivity contribution < 1.29 is 23.1 Å². The molecule has 10 heteroatoms. The lowest BCUT2D eigenvalue weighted by atomic mass is 10.00. The summed E-state index contributed by atoms with van der Waals surface area (Å²) >= 11 is 0. The zero-order valence-corrected chi connectivity index (χ0v) is 24.3. The van der Waals surface area contributed by atoms with Crippen molar-refractivity contribution >= 4 is 21.9 Å². The Morgan fingerprint density at radius 2 is 1.73 bits per heavy atom. The lowest BCUT2D eigenvalue weighted by Gasteiger charge is -2.24. The summed E-state index contributed by atoms with van der Waals surface area (Å²) < 4.78 is 35.1. The summed E-state index contributed by atoms with van der Waals surface area (Å²) in [4.78, 5) is 20.1. The highest BCUT2D eigenvalue weighted by Crippen LogP contribution is 2.30. The van der Waals surface area contributed by atoms with Crippen LogP contribution in [0.5, 0.6) is 5.88 Å². The lowest BCUT2D eigenvalue weighted by Crippen LogP contribution is -2.41. The van der Waals surface area contributed by atoms with Crippen LogP contribution in [0.3, 0.4) is 0 Å². The quantitative estimate of drug-likeness (QED) is 0.259. The van der Waals surface area contributed by atoms with Gasteiger partial charge >= 0.3 is 5.97 Å². The smallest absolute Gasteiger partial charge is 0.335 e. The van der Waals surface area contributed by atoms with Crippen LogP contribution in [0.1, 0.15) is 67.4 Å². The SMILES string of the molecule is Cc1cccc(C)c1-c1cc(OC[C@@H](CC(C)C)NC2CCCC2)nc(NS(=O)(=O)c2cccc(C(=O)O)c2)n1. The highest BCUT2D eigenvalue weighted by Gasteiger charge is 2.23. The van der Waals surface area contributed by atoms with Crippen LogP contribution in [0.2, 0.25) is 0 Å². The number of aromatic nitrogens is 2. The first-order chi connectivity index (χ1) is 19.0. The number of carboxylic acids is 1. The molecule has 1 heterocycles. The molecule has 1 saturated carbocycles. The minimum atomic E-state index is -4.17. The van der Waals surface area contributed by atoms with E-state index in [-0.39, 0.29) is 28.3 Å². The van der Waals surface area contributed by atoms with Gasteiger partial charge in [-0.2, -0.15) is 4.98 Å². The van der Waals surface area contributed by atoms with Gasteiger partial charge in [-0.15, -0.1) is 0 Å². The fraction of sp³-hybridized carbons (Fsp3) is 0.433. The highest BCUT2D eigenvalue weighted by molar-refractivity contribution is 7.92. The van der Waals surface area contributed by atoms with Crippen LogP contribution in [-0.4, -0.2) is 48.2 Å². The van der Waals surface area contributed by atoms with Crippen LogP contribution in [0.25, 0.3) is 11.3 Å². The van der Waals surface area contributed by atoms with Crippen molar-refractivity contribution in [3.05, 3.63) is 65.2 Å². The number of rotatable bonds is 12. The summed E-state index contributed by atoms with van der Waals surface area (Å²) in [6.45, 7) is 8.68. The summed E-state index contributed by atoms with van der Waals surface area (Å²) in [6.07, 6.45) is 5.72. The average molecular weight is 567 g/mol. The molecule has 2 aromatic carbocycles. The summed E-state index contributed by atoms with van der Waals surface area (Å²) in [5, 5.41) is 13.0. The van der Waals surface area contributed by atoms with Crippen molar-refractivity contribution in [2.75, 3.05) is 11.3 Å². The Kier molecular flexibility index (Phi) is 9.42. The van der Waals surface area contributed by atoms with Crippen LogP contribution in [0.4, 0.5) is 5.95 Å². The Morgan fingerprint density at radius 3 is 2.38 bits per heavy atom. The van der Waals surface area contributed by atoms with Gasteiger partial charge in [-0.1, -0.05) is 51.0 Å². The molecule has 0 aliphatic heterocycles. The van der Waals surface area contributed by atoms with E-state index in [2.05, 4.69) is 33.9 Å². The highest BCUT2D eigenvalue weighted by atomic mass is 32.2. The topological polar surface area (TPSA) is 131 Å². The van der Waals surface area contributed by atoms with Gasteiger partial charge in [-0.05, 0) is 68.4 Å². The molecule has 0 bridgehead atoms. The fourth-order valence-corrected chi connectivity index (χ4v) is 6.22. The minimum Gasteiger partial charge on any atom is -0.478 e. The van der Waals surface area contributed by atoms with Gasteiger partial charge < -0.3 is 15.2 Å². The number of nitrogens with zero attached hydrogens (tertiary/aromatic N) is 2. The number of benzene rings is 2. The van der Waals surface area contributed by atoms with Gasteiger partial charge in [-0.25, -0.2) is 22.9 Å². The van der Waals surface area contributed by atoms with Crippen molar-refractivity contribution in [1.29, 1.82) is 0 Å². The summed E-state index contributed by atoms with van der Waals surface area (Å²) in [6, 6.07) is 13.4. The van der Waals surface area contributed by atoms with Crippen molar-refractivity contribution in [2.45, 2.75) is 76.8 Å². The summed E-state index contributed by atoms with van der Waals surface area (Å²) in [5.74, 6) is -0.642. The van der Waals surface area contributed by atoms with Crippen molar-refractivity contribution in [2.24, 2.45) is 5.92 Å². The molecule has 9 nitrogen and oxygen atoms in total. The normalized spacial score (nSPS) is 14.8. The van der Waals surface area contributed by atoms with E-state index in [0.717, 1.165) is 42.0 Å². The first-order valence-electron chi connectivity index (χ1n) is 13.7. The molecule has 0 amide bonds. The fourth-order valence-electron chi connectivity index (χ4n) is 5.23. The standard InChI is InChI=1S/C30H38N4O5S/c1-19(2)15-24(31-23-12-5-6-13-23)18-39-27-17-26(28-20(3)9-7-10-21(28)4)32-30(33-27)34-40(37,38)25-14-8-11-22(16-25)29(35)36/h7-11,14,16-17,19,23-24,31H,5-6,12-13,15,18H2,1-4H3,(H,35,36)(H,32,33,34)/t24-/m1/s1. The number of nitrogens with one attached hydrogen (secondary N) is 2. The molecule has 0 radical (unpaired) electrons. The predicted octanol–water partition coefficient (Wildman–Crippen LogP) is 5.59. The molecule has 0 spiro atoms. The van der Waals surface area contributed by atoms with Crippen LogP contribution >= 0.6 is 0 Å². The van der Waals surface area contributed by atoms with E-state index in [4.69, 9.17) is 4.74 Å². The van der Waals surface area contributed by atoms with Crippen LogP contribution in [-0.2, 0) is 10.0 Å². The molecule has 0 unspecified atom stereocenters. The average Bonchev–Trinajstić information content (AvgIpc) is 3.40. The van der Waals surface area contributed by atoms with Crippen molar-refractivity contribution in [1.82, 2.24) is 15.3 Å². The van der Waals surface area contributed by atoms with E-state index in [1.165, 1.54) is 31.0 Å². The third-order valence-electron chi connectivity index (χ3n) is 7.07. The monoisotopic (exact) mass is 566 g/mol. The molecule has 1 atom stereocenters. The van der Waals surface area contributed by atoms with Crippen molar-refractivity contribution in [3.8, 4) is 17.1 Å². The number of sulfonamides is 1. The zero-order valence-electron chi connectivity index (χ0n) is 23.5.